The predicted molar refractivity (Wildman–Crippen MR) is 75.3 cm³/mol. The van der Waals surface area contributed by atoms with Crippen LogP contribution in [0.2, 0.25) is 10.0 Å². The number of rotatable bonds is 5. The summed E-state index contributed by atoms with van der Waals surface area (Å²) in [6.45, 7) is 6.54. The summed E-state index contributed by atoms with van der Waals surface area (Å²) in [7, 11) is 0. The van der Waals surface area contributed by atoms with Crippen molar-refractivity contribution in [2.75, 3.05) is 0 Å². The summed E-state index contributed by atoms with van der Waals surface area (Å²) in [5, 5.41) is 1.22. The van der Waals surface area contributed by atoms with E-state index in [4.69, 9.17) is 29.0 Å². The molecule has 0 fully saturated rings. The van der Waals surface area contributed by atoms with Crippen LogP contribution in [0.3, 0.4) is 0 Å². The maximum Gasteiger partial charge on any atom is 0.0624 e. The maximum absolute atomic E-state index is 6.19. The molecule has 0 saturated heterocycles. The van der Waals surface area contributed by atoms with Crippen LogP contribution in [-0.2, 0) is 6.42 Å². The lowest BCUT2D eigenvalue weighted by Crippen LogP contribution is -2.46. The Morgan fingerprint density at radius 1 is 1.35 bits per heavy atom. The molecule has 3 N–H and O–H groups in total. The Morgan fingerprint density at radius 2 is 2.00 bits per heavy atom. The van der Waals surface area contributed by atoms with Gasteiger partial charge in [-0.1, -0.05) is 56.1 Å². The number of nitrogens with two attached hydrogens (primary N) is 1. The summed E-state index contributed by atoms with van der Waals surface area (Å²) in [6.07, 6.45) is 1.82. The highest BCUT2D eigenvalue weighted by Crippen LogP contribution is 2.31. The highest BCUT2D eigenvalue weighted by molar-refractivity contribution is 6.42. The Morgan fingerprint density at radius 3 is 2.53 bits per heavy atom. The molecule has 17 heavy (non-hydrogen) atoms. The number of benzene rings is 1. The van der Waals surface area contributed by atoms with Crippen LogP contribution in [0.5, 0.6) is 0 Å². The van der Waals surface area contributed by atoms with E-state index in [-0.39, 0.29) is 11.5 Å². The summed E-state index contributed by atoms with van der Waals surface area (Å²) in [5.41, 5.74) is 4.03. The molecule has 0 aliphatic heterocycles. The van der Waals surface area contributed by atoms with E-state index in [9.17, 15) is 0 Å². The highest BCUT2D eigenvalue weighted by atomic mass is 35.5. The molecule has 1 atom stereocenters. The van der Waals surface area contributed by atoms with Gasteiger partial charge in [-0.2, -0.15) is 0 Å². The van der Waals surface area contributed by atoms with Crippen LogP contribution in [0.25, 0.3) is 0 Å². The van der Waals surface area contributed by atoms with Crippen LogP contribution in [0.4, 0.5) is 0 Å². The van der Waals surface area contributed by atoms with Crippen LogP contribution in [-0.4, -0.2) is 6.04 Å². The molecule has 1 aromatic rings. The van der Waals surface area contributed by atoms with Gasteiger partial charge >= 0.3 is 0 Å². The van der Waals surface area contributed by atoms with Gasteiger partial charge in [-0.3, -0.25) is 11.3 Å². The van der Waals surface area contributed by atoms with Gasteiger partial charge in [0.15, 0.2) is 0 Å². The average Bonchev–Trinajstić information content (AvgIpc) is 2.30. The van der Waals surface area contributed by atoms with E-state index in [0.29, 0.717) is 10.0 Å². The van der Waals surface area contributed by atoms with Gasteiger partial charge in [-0.25, -0.2) is 0 Å². The van der Waals surface area contributed by atoms with E-state index < -0.39 is 0 Å². The fourth-order valence-corrected chi connectivity index (χ4v) is 2.13. The second-order valence-corrected chi connectivity index (χ2v) is 5.76. The first-order valence-corrected chi connectivity index (χ1v) is 6.57. The second-order valence-electron chi connectivity index (χ2n) is 4.98. The van der Waals surface area contributed by atoms with Gasteiger partial charge in [0, 0.05) is 6.04 Å². The molecule has 0 radical (unpaired) electrons. The third-order valence-corrected chi connectivity index (χ3v) is 4.37. The van der Waals surface area contributed by atoms with E-state index in [2.05, 4.69) is 26.2 Å². The van der Waals surface area contributed by atoms with Crippen molar-refractivity contribution in [1.29, 1.82) is 0 Å². The second kappa shape index (κ2) is 6.05. The number of halogens is 2. The molecule has 0 amide bonds. The van der Waals surface area contributed by atoms with Crippen LogP contribution >= 0.6 is 23.2 Å². The molecule has 0 bridgehead atoms. The van der Waals surface area contributed by atoms with Gasteiger partial charge in [0.2, 0.25) is 0 Å². The van der Waals surface area contributed by atoms with E-state index in [1.807, 2.05) is 12.1 Å². The minimum atomic E-state index is 0.112. The van der Waals surface area contributed by atoms with Crippen molar-refractivity contribution in [1.82, 2.24) is 5.43 Å². The Labute approximate surface area is 113 Å². The number of nitrogens with one attached hydrogen (secondary N) is 1. The SMILES string of the molecule is CCC(C)(C)C(Cc1cccc(Cl)c1Cl)NN. The molecule has 0 aromatic heterocycles. The Bertz CT molecular complexity index is 378. The summed E-state index contributed by atoms with van der Waals surface area (Å²) in [4.78, 5) is 0. The summed E-state index contributed by atoms with van der Waals surface area (Å²) < 4.78 is 0. The molecule has 1 rings (SSSR count). The number of hydrazine groups is 1. The third-order valence-electron chi connectivity index (χ3n) is 3.51. The smallest absolute Gasteiger partial charge is 0.0624 e. The summed E-state index contributed by atoms with van der Waals surface area (Å²) >= 11 is 12.2. The first-order valence-electron chi connectivity index (χ1n) is 5.81. The molecule has 0 aliphatic carbocycles. The van der Waals surface area contributed by atoms with Crippen molar-refractivity contribution in [3.05, 3.63) is 33.8 Å². The summed E-state index contributed by atoms with van der Waals surface area (Å²) in [5.74, 6) is 5.64. The molecule has 4 heteroatoms. The minimum absolute atomic E-state index is 0.112. The molecular weight excluding hydrogens is 255 g/mol. The van der Waals surface area contributed by atoms with Gasteiger partial charge in [-0.05, 0) is 29.9 Å². The minimum Gasteiger partial charge on any atom is -0.271 e. The molecule has 1 unspecified atom stereocenters. The largest absolute Gasteiger partial charge is 0.271 e. The first-order chi connectivity index (χ1) is 7.92. The van der Waals surface area contributed by atoms with E-state index >= 15 is 0 Å². The van der Waals surface area contributed by atoms with Gasteiger partial charge in [0.05, 0.1) is 10.0 Å². The van der Waals surface area contributed by atoms with Crippen LogP contribution in [0.15, 0.2) is 18.2 Å². The standard InChI is InChI=1S/C13H20Cl2N2/c1-4-13(2,3)11(17-16)8-9-6-5-7-10(14)12(9)15/h5-7,11,17H,4,8,16H2,1-3H3. The topological polar surface area (TPSA) is 38.0 Å². The van der Waals surface area contributed by atoms with Gasteiger partial charge in [0.1, 0.15) is 0 Å². The molecule has 1 aromatic carbocycles. The van der Waals surface area contributed by atoms with Crippen LogP contribution in [0.1, 0.15) is 32.8 Å². The summed E-state index contributed by atoms with van der Waals surface area (Å²) in [6, 6.07) is 5.87. The lowest BCUT2D eigenvalue weighted by molar-refractivity contribution is 0.231. The fraction of sp³-hybridized carbons (Fsp3) is 0.538. The average molecular weight is 275 g/mol. The molecule has 2 nitrogen and oxygen atoms in total. The van der Waals surface area contributed by atoms with Crippen molar-refractivity contribution >= 4 is 23.2 Å². The maximum atomic E-state index is 6.19. The van der Waals surface area contributed by atoms with Crippen molar-refractivity contribution in [3.8, 4) is 0 Å². The van der Waals surface area contributed by atoms with Crippen molar-refractivity contribution in [2.24, 2.45) is 11.3 Å². The normalized spacial score (nSPS) is 13.8. The van der Waals surface area contributed by atoms with Gasteiger partial charge in [-0.15, -0.1) is 0 Å². The molecule has 0 aliphatic rings. The lowest BCUT2D eigenvalue weighted by Gasteiger charge is -2.33. The fourth-order valence-electron chi connectivity index (χ4n) is 1.73. The Hall–Kier alpha value is -0.280. The first kappa shape index (κ1) is 14.8. The number of hydrogen-bond donors (Lipinski definition) is 2. The zero-order valence-corrected chi connectivity index (χ0v) is 12.1. The van der Waals surface area contributed by atoms with E-state index in [0.717, 1.165) is 18.4 Å². The van der Waals surface area contributed by atoms with Crippen molar-refractivity contribution in [2.45, 2.75) is 39.7 Å². The molecular formula is C13H20Cl2N2. The highest BCUT2D eigenvalue weighted by Gasteiger charge is 2.27. The van der Waals surface area contributed by atoms with Crippen LogP contribution < -0.4 is 11.3 Å². The van der Waals surface area contributed by atoms with Gasteiger partial charge in [0.25, 0.3) is 0 Å². The van der Waals surface area contributed by atoms with Crippen molar-refractivity contribution < 1.29 is 0 Å². The zero-order valence-electron chi connectivity index (χ0n) is 10.6. The lowest BCUT2D eigenvalue weighted by atomic mass is 9.79. The monoisotopic (exact) mass is 274 g/mol. The van der Waals surface area contributed by atoms with E-state index in [1.54, 1.807) is 6.07 Å². The molecule has 96 valence electrons. The molecule has 0 heterocycles. The van der Waals surface area contributed by atoms with E-state index in [1.165, 1.54) is 0 Å². The molecule has 0 saturated carbocycles. The predicted octanol–water partition coefficient (Wildman–Crippen LogP) is 3.80. The Balaban J connectivity index is 2.92. The Kier molecular flexibility index (Phi) is 5.26. The zero-order chi connectivity index (χ0) is 13.1. The van der Waals surface area contributed by atoms with Crippen molar-refractivity contribution in [3.63, 3.8) is 0 Å². The quantitative estimate of drug-likeness (QED) is 0.633. The van der Waals surface area contributed by atoms with Crippen LogP contribution in [0, 0.1) is 5.41 Å². The van der Waals surface area contributed by atoms with Gasteiger partial charge < -0.3 is 0 Å². The third kappa shape index (κ3) is 3.59. The molecule has 0 spiro atoms. The number of hydrogen-bond acceptors (Lipinski definition) is 2.